The van der Waals surface area contributed by atoms with E-state index in [0.29, 0.717) is 68.4 Å². The predicted octanol–water partition coefficient (Wildman–Crippen LogP) is 1.46. The van der Waals surface area contributed by atoms with Gasteiger partial charge in [-0.1, -0.05) is 6.07 Å². The number of ether oxygens (including phenoxy) is 1. The van der Waals surface area contributed by atoms with Gasteiger partial charge in [0.15, 0.2) is 0 Å². The zero-order valence-corrected chi connectivity index (χ0v) is 20.0. The topological polar surface area (TPSA) is 137 Å². The minimum Gasteiger partial charge on any atom is -0.465 e. The number of nitrogens with one attached hydrogen (secondary N) is 1. The highest BCUT2D eigenvalue weighted by Crippen LogP contribution is 2.36. The number of carbonyl (C=O) groups excluding carboxylic acids is 4. The Kier molecular flexibility index (Phi) is 6.65. The number of nitrogens with zero attached hydrogens (tertiary/aromatic N) is 3. The fourth-order valence-corrected chi connectivity index (χ4v) is 5.59. The molecule has 5 rings (SSSR count). The molecule has 192 valence electrons. The van der Waals surface area contributed by atoms with E-state index >= 15 is 0 Å². The third kappa shape index (κ3) is 4.55. The molecule has 0 saturated carbocycles. The Labute approximate surface area is 208 Å². The van der Waals surface area contributed by atoms with E-state index in [4.69, 9.17) is 9.84 Å². The zero-order valence-electron chi connectivity index (χ0n) is 20.0. The molecule has 11 nitrogen and oxygen atoms in total. The number of piperidine rings is 3. The van der Waals surface area contributed by atoms with E-state index < -0.39 is 35.8 Å². The first-order valence-corrected chi connectivity index (χ1v) is 12.5. The molecule has 5 amide bonds. The van der Waals surface area contributed by atoms with Gasteiger partial charge in [0.2, 0.25) is 11.8 Å². The standard InChI is InChI=1S/C25H30N4O7/c30-20-5-4-19(22(31)26-20)29-23(32)17-2-1-3-18(21(17)24(29)33)27-10-6-15(7-11-27)14-36-16-8-12-28(13-9-16)25(34)35/h1-3,15-16,19H,4-14H2,(H,34,35)(H,26,30,31). The molecule has 4 aliphatic heterocycles. The lowest BCUT2D eigenvalue weighted by atomic mass is 9.96. The lowest BCUT2D eigenvalue weighted by molar-refractivity contribution is -0.136. The van der Waals surface area contributed by atoms with Gasteiger partial charge in [0.25, 0.3) is 11.8 Å². The Bertz CT molecular complexity index is 1090. The van der Waals surface area contributed by atoms with E-state index in [0.717, 1.165) is 17.7 Å². The number of hydrogen-bond donors (Lipinski definition) is 2. The van der Waals surface area contributed by atoms with Crippen LogP contribution in [0.2, 0.25) is 0 Å². The van der Waals surface area contributed by atoms with Crippen molar-refractivity contribution < 1.29 is 33.8 Å². The molecule has 2 N–H and O–H groups in total. The highest BCUT2D eigenvalue weighted by Gasteiger charge is 2.46. The third-order valence-electron chi connectivity index (χ3n) is 7.68. The highest BCUT2D eigenvalue weighted by atomic mass is 16.5. The molecule has 11 heteroatoms. The number of hydrogen-bond acceptors (Lipinski definition) is 7. The van der Waals surface area contributed by atoms with E-state index in [1.807, 2.05) is 6.07 Å². The van der Waals surface area contributed by atoms with Crippen LogP contribution in [0.5, 0.6) is 0 Å². The molecule has 1 atom stereocenters. The second-order valence-electron chi connectivity index (χ2n) is 9.88. The number of benzene rings is 1. The summed E-state index contributed by atoms with van der Waals surface area (Å²) >= 11 is 0. The van der Waals surface area contributed by atoms with Crippen molar-refractivity contribution in [2.75, 3.05) is 37.7 Å². The first-order chi connectivity index (χ1) is 17.3. The number of imide groups is 2. The molecule has 0 aliphatic carbocycles. The molecule has 1 aromatic carbocycles. The van der Waals surface area contributed by atoms with Crippen LogP contribution in [0.1, 0.15) is 59.2 Å². The van der Waals surface area contributed by atoms with Crippen LogP contribution in [0.3, 0.4) is 0 Å². The van der Waals surface area contributed by atoms with Gasteiger partial charge in [0.1, 0.15) is 6.04 Å². The van der Waals surface area contributed by atoms with E-state index in [2.05, 4.69) is 10.2 Å². The lowest BCUT2D eigenvalue weighted by Gasteiger charge is -2.36. The van der Waals surface area contributed by atoms with Crippen LogP contribution in [0.4, 0.5) is 10.5 Å². The predicted molar refractivity (Wildman–Crippen MR) is 127 cm³/mol. The summed E-state index contributed by atoms with van der Waals surface area (Å²) in [6, 6.07) is 4.23. The maximum absolute atomic E-state index is 13.4. The maximum atomic E-state index is 13.4. The Hall–Kier alpha value is -3.47. The molecular formula is C25H30N4O7. The van der Waals surface area contributed by atoms with Crippen LogP contribution in [0.15, 0.2) is 18.2 Å². The summed E-state index contributed by atoms with van der Waals surface area (Å²) < 4.78 is 6.09. The van der Waals surface area contributed by atoms with Crippen molar-refractivity contribution in [3.8, 4) is 0 Å². The first kappa shape index (κ1) is 24.2. The van der Waals surface area contributed by atoms with Crippen molar-refractivity contribution in [2.24, 2.45) is 5.92 Å². The molecule has 0 bridgehead atoms. The van der Waals surface area contributed by atoms with Gasteiger partial charge in [-0.05, 0) is 50.2 Å². The summed E-state index contributed by atoms with van der Waals surface area (Å²) in [6.45, 7) is 3.04. The van der Waals surface area contributed by atoms with Crippen LogP contribution < -0.4 is 10.2 Å². The van der Waals surface area contributed by atoms with Crippen LogP contribution in [0.25, 0.3) is 0 Å². The van der Waals surface area contributed by atoms with Gasteiger partial charge < -0.3 is 19.6 Å². The molecule has 0 aromatic heterocycles. The lowest BCUT2D eigenvalue weighted by Crippen LogP contribution is -2.54. The van der Waals surface area contributed by atoms with Gasteiger partial charge >= 0.3 is 6.09 Å². The number of carboxylic acid groups (broad SMARTS) is 1. The van der Waals surface area contributed by atoms with E-state index in [9.17, 15) is 24.0 Å². The van der Waals surface area contributed by atoms with Crippen LogP contribution in [-0.4, -0.2) is 89.6 Å². The first-order valence-electron chi connectivity index (χ1n) is 12.5. The summed E-state index contributed by atoms with van der Waals surface area (Å²) in [5.41, 5.74) is 1.31. The summed E-state index contributed by atoms with van der Waals surface area (Å²) in [4.78, 5) is 65.9. The maximum Gasteiger partial charge on any atom is 0.407 e. The van der Waals surface area contributed by atoms with E-state index in [-0.39, 0.29) is 18.9 Å². The van der Waals surface area contributed by atoms with Gasteiger partial charge in [-0.3, -0.25) is 29.4 Å². The minimum absolute atomic E-state index is 0.0814. The van der Waals surface area contributed by atoms with Gasteiger partial charge in [0.05, 0.1) is 22.9 Å². The number of rotatable bonds is 5. The fraction of sp³-hybridized carbons (Fsp3) is 0.560. The molecule has 1 aromatic rings. The second kappa shape index (κ2) is 9.88. The number of anilines is 1. The van der Waals surface area contributed by atoms with Gasteiger partial charge in [0, 0.05) is 39.2 Å². The van der Waals surface area contributed by atoms with Crippen molar-refractivity contribution in [3.05, 3.63) is 29.3 Å². The molecular weight excluding hydrogens is 468 g/mol. The number of likely N-dealkylation sites (tertiary alicyclic amines) is 1. The molecule has 0 spiro atoms. The van der Waals surface area contributed by atoms with Crippen molar-refractivity contribution >= 4 is 35.4 Å². The Balaban J connectivity index is 1.19. The summed E-state index contributed by atoms with van der Waals surface area (Å²) in [5.74, 6) is -1.63. The van der Waals surface area contributed by atoms with Crippen molar-refractivity contribution in [3.63, 3.8) is 0 Å². The second-order valence-corrected chi connectivity index (χ2v) is 9.88. The SMILES string of the molecule is O=C1CCC(N2C(=O)c3cccc(N4CCC(COC5CCN(C(=O)O)CC5)CC4)c3C2=O)C(=O)N1. The van der Waals surface area contributed by atoms with Gasteiger partial charge in [-0.15, -0.1) is 0 Å². The zero-order chi connectivity index (χ0) is 25.4. The molecule has 1 unspecified atom stereocenters. The molecule has 4 aliphatic rings. The highest BCUT2D eigenvalue weighted by molar-refractivity contribution is 6.25. The van der Waals surface area contributed by atoms with Crippen LogP contribution in [0, 0.1) is 5.92 Å². The molecule has 36 heavy (non-hydrogen) atoms. The molecule has 0 radical (unpaired) electrons. The third-order valence-corrected chi connectivity index (χ3v) is 7.68. The summed E-state index contributed by atoms with van der Waals surface area (Å²) in [5, 5.41) is 11.3. The average Bonchev–Trinajstić information content (AvgIpc) is 3.13. The van der Waals surface area contributed by atoms with Crippen LogP contribution >= 0.6 is 0 Å². The van der Waals surface area contributed by atoms with Crippen molar-refractivity contribution in [1.82, 2.24) is 15.1 Å². The minimum atomic E-state index is -0.979. The largest absolute Gasteiger partial charge is 0.465 e. The van der Waals surface area contributed by atoms with E-state index in [1.165, 1.54) is 4.90 Å². The van der Waals surface area contributed by atoms with Crippen LogP contribution in [-0.2, 0) is 14.3 Å². The number of fused-ring (bicyclic) bond motifs is 1. The van der Waals surface area contributed by atoms with Crippen molar-refractivity contribution in [1.29, 1.82) is 0 Å². The number of carbonyl (C=O) groups is 5. The van der Waals surface area contributed by atoms with Crippen molar-refractivity contribution in [2.45, 2.75) is 50.7 Å². The molecule has 3 saturated heterocycles. The Morgan fingerprint density at radius 3 is 2.36 bits per heavy atom. The average molecular weight is 499 g/mol. The summed E-state index contributed by atoms with van der Waals surface area (Å²) in [7, 11) is 0. The quantitative estimate of drug-likeness (QED) is 0.583. The normalized spacial score (nSPS) is 23.8. The monoisotopic (exact) mass is 498 g/mol. The Morgan fingerprint density at radius 1 is 0.972 bits per heavy atom. The fourth-order valence-electron chi connectivity index (χ4n) is 5.59. The molecule has 3 fully saturated rings. The van der Waals surface area contributed by atoms with E-state index in [1.54, 1.807) is 12.1 Å². The van der Waals surface area contributed by atoms with Gasteiger partial charge in [-0.25, -0.2) is 4.79 Å². The smallest absolute Gasteiger partial charge is 0.407 e. The van der Waals surface area contributed by atoms with Gasteiger partial charge in [-0.2, -0.15) is 0 Å². The Morgan fingerprint density at radius 2 is 1.69 bits per heavy atom. The molecule has 4 heterocycles. The summed E-state index contributed by atoms with van der Waals surface area (Å²) in [6.07, 6.45) is 2.58. The number of amides is 5.